The summed E-state index contributed by atoms with van der Waals surface area (Å²) >= 11 is 0. The summed E-state index contributed by atoms with van der Waals surface area (Å²) in [6, 6.07) is 7.88. The molecule has 33 heavy (non-hydrogen) atoms. The SMILES string of the molecule is COc1ccc(CN2C[C@@H]3[C@@H](C(=O)NC(C)C)CCS(=O)(=O)[C@@H]3C2)cc1.O=C(O)C(F)(F)F. The highest BCUT2D eigenvalue weighted by Crippen LogP contribution is 2.37. The molecule has 0 aromatic heterocycles. The van der Waals surface area contributed by atoms with Crippen LogP contribution in [0.5, 0.6) is 5.75 Å². The number of carbonyl (C=O) groups excluding carboxylic acids is 1. The summed E-state index contributed by atoms with van der Waals surface area (Å²) in [7, 11) is -1.50. The molecular formula is C21H29F3N2O6S. The molecule has 0 unspecified atom stereocenters. The Morgan fingerprint density at radius 3 is 2.27 bits per heavy atom. The van der Waals surface area contributed by atoms with Gasteiger partial charge in [0.1, 0.15) is 5.75 Å². The summed E-state index contributed by atoms with van der Waals surface area (Å²) < 4.78 is 62.0. The van der Waals surface area contributed by atoms with Crippen LogP contribution in [0, 0.1) is 11.8 Å². The predicted octanol–water partition coefficient (Wildman–Crippen LogP) is 2.09. The molecule has 1 aromatic carbocycles. The molecule has 8 nitrogen and oxygen atoms in total. The molecule has 0 bridgehead atoms. The fourth-order valence-corrected chi connectivity index (χ4v) is 6.27. The Kier molecular flexibility index (Phi) is 8.75. The fraction of sp³-hybridized carbons (Fsp3) is 0.619. The average molecular weight is 495 g/mol. The van der Waals surface area contributed by atoms with Crippen LogP contribution >= 0.6 is 0 Å². The first-order valence-corrected chi connectivity index (χ1v) is 12.1. The van der Waals surface area contributed by atoms with E-state index in [1.807, 2.05) is 38.1 Å². The van der Waals surface area contributed by atoms with Gasteiger partial charge in [0.15, 0.2) is 9.84 Å². The second-order valence-corrected chi connectivity index (χ2v) is 10.8. The molecule has 2 saturated heterocycles. The molecule has 3 atom stereocenters. The van der Waals surface area contributed by atoms with E-state index < -0.39 is 27.2 Å². The van der Waals surface area contributed by atoms with Crippen LogP contribution in [0.1, 0.15) is 25.8 Å². The average Bonchev–Trinajstić information content (AvgIpc) is 3.12. The molecular weight excluding hydrogens is 465 g/mol. The quantitative estimate of drug-likeness (QED) is 0.645. The Balaban J connectivity index is 0.000000479. The van der Waals surface area contributed by atoms with Crippen molar-refractivity contribution in [2.45, 2.75) is 44.3 Å². The molecule has 0 spiro atoms. The Bertz CT molecular complexity index is 934. The zero-order valence-electron chi connectivity index (χ0n) is 18.6. The van der Waals surface area contributed by atoms with Crippen molar-refractivity contribution in [1.29, 1.82) is 0 Å². The van der Waals surface area contributed by atoms with Crippen LogP contribution in [-0.2, 0) is 26.0 Å². The molecule has 12 heteroatoms. The topological polar surface area (TPSA) is 113 Å². The number of rotatable bonds is 5. The lowest BCUT2D eigenvalue weighted by Gasteiger charge is -2.32. The summed E-state index contributed by atoms with van der Waals surface area (Å²) in [4.78, 5) is 23.6. The lowest BCUT2D eigenvalue weighted by Crippen LogP contribution is -2.48. The van der Waals surface area contributed by atoms with Gasteiger partial charge in [0.25, 0.3) is 0 Å². The molecule has 186 valence electrons. The van der Waals surface area contributed by atoms with Crippen LogP contribution in [0.3, 0.4) is 0 Å². The summed E-state index contributed by atoms with van der Waals surface area (Å²) in [5, 5.41) is 9.66. The van der Waals surface area contributed by atoms with Crippen molar-refractivity contribution >= 4 is 21.7 Å². The van der Waals surface area contributed by atoms with Gasteiger partial charge in [-0.05, 0) is 38.0 Å². The Labute approximate surface area is 191 Å². The summed E-state index contributed by atoms with van der Waals surface area (Å²) in [6.07, 6.45) is -4.65. The zero-order valence-corrected chi connectivity index (χ0v) is 19.4. The fourth-order valence-electron chi connectivity index (χ4n) is 4.14. The van der Waals surface area contributed by atoms with Gasteiger partial charge < -0.3 is 15.2 Å². The van der Waals surface area contributed by atoms with Gasteiger partial charge in [0.2, 0.25) is 5.91 Å². The van der Waals surface area contributed by atoms with Crippen LogP contribution in [0.15, 0.2) is 24.3 Å². The molecule has 3 rings (SSSR count). The molecule has 0 radical (unpaired) electrons. The predicted molar refractivity (Wildman–Crippen MR) is 114 cm³/mol. The van der Waals surface area contributed by atoms with Crippen molar-refractivity contribution < 1.29 is 41.0 Å². The number of nitrogens with zero attached hydrogens (tertiary/aromatic N) is 1. The van der Waals surface area contributed by atoms with Crippen molar-refractivity contribution in [2.75, 3.05) is 26.0 Å². The van der Waals surface area contributed by atoms with E-state index in [9.17, 15) is 26.4 Å². The molecule has 0 aliphatic carbocycles. The summed E-state index contributed by atoms with van der Waals surface area (Å²) in [5.41, 5.74) is 1.12. The maximum atomic E-state index is 12.6. The highest BCUT2D eigenvalue weighted by Gasteiger charge is 2.50. The molecule has 1 aromatic rings. The third-order valence-corrected chi connectivity index (χ3v) is 7.88. The first-order chi connectivity index (χ1) is 15.2. The number of nitrogens with one attached hydrogen (secondary N) is 1. The van der Waals surface area contributed by atoms with Crippen molar-refractivity contribution in [3.05, 3.63) is 29.8 Å². The van der Waals surface area contributed by atoms with Crippen molar-refractivity contribution in [3.63, 3.8) is 0 Å². The molecule has 2 N–H and O–H groups in total. The van der Waals surface area contributed by atoms with E-state index in [0.29, 0.717) is 26.1 Å². The van der Waals surface area contributed by atoms with Crippen LogP contribution in [-0.4, -0.2) is 73.7 Å². The Hall–Kier alpha value is -2.34. The number of fused-ring (bicyclic) bond motifs is 1. The second kappa shape index (κ2) is 10.7. The summed E-state index contributed by atoms with van der Waals surface area (Å²) in [5.74, 6) is -2.18. The zero-order chi connectivity index (χ0) is 25.0. The highest BCUT2D eigenvalue weighted by atomic mass is 32.2. The number of carboxylic acid groups (broad SMARTS) is 1. The monoisotopic (exact) mass is 494 g/mol. The maximum absolute atomic E-state index is 12.6. The number of hydrogen-bond donors (Lipinski definition) is 2. The normalized spacial score (nSPS) is 24.4. The van der Waals surface area contributed by atoms with E-state index in [-0.39, 0.29) is 29.5 Å². The van der Waals surface area contributed by atoms with E-state index in [0.717, 1.165) is 11.3 Å². The number of carbonyl (C=O) groups is 2. The number of hydrogen-bond acceptors (Lipinski definition) is 6. The van der Waals surface area contributed by atoms with E-state index >= 15 is 0 Å². The Morgan fingerprint density at radius 1 is 1.21 bits per heavy atom. The number of sulfone groups is 1. The van der Waals surface area contributed by atoms with E-state index in [4.69, 9.17) is 14.6 Å². The molecule has 2 aliphatic rings. The third kappa shape index (κ3) is 7.32. The van der Waals surface area contributed by atoms with Crippen molar-refractivity contribution in [3.8, 4) is 5.75 Å². The van der Waals surface area contributed by atoms with Crippen LogP contribution < -0.4 is 10.1 Å². The van der Waals surface area contributed by atoms with Crippen LogP contribution in [0.4, 0.5) is 13.2 Å². The number of likely N-dealkylation sites (tertiary alicyclic amines) is 1. The van der Waals surface area contributed by atoms with Gasteiger partial charge in [0, 0.05) is 37.5 Å². The summed E-state index contributed by atoms with van der Waals surface area (Å²) in [6.45, 7) is 5.70. The highest BCUT2D eigenvalue weighted by molar-refractivity contribution is 7.92. The van der Waals surface area contributed by atoms with Gasteiger partial charge in [-0.2, -0.15) is 13.2 Å². The van der Waals surface area contributed by atoms with E-state index in [2.05, 4.69) is 10.2 Å². The van der Waals surface area contributed by atoms with Gasteiger partial charge in [0.05, 0.1) is 18.1 Å². The number of aliphatic carboxylic acids is 1. The number of halogens is 3. The van der Waals surface area contributed by atoms with Gasteiger partial charge in [-0.3, -0.25) is 9.69 Å². The van der Waals surface area contributed by atoms with Crippen LogP contribution in [0.25, 0.3) is 0 Å². The molecule has 2 heterocycles. The van der Waals surface area contributed by atoms with E-state index in [1.165, 1.54) is 0 Å². The van der Waals surface area contributed by atoms with Gasteiger partial charge in [-0.15, -0.1) is 0 Å². The van der Waals surface area contributed by atoms with Gasteiger partial charge >= 0.3 is 12.1 Å². The van der Waals surface area contributed by atoms with Crippen molar-refractivity contribution in [2.24, 2.45) is 11.8 Å². The standard InChI is InChI=1S/C19H28N2O4S.C2HF3O2/c1-13(2)20-19(22)16-8-9-26(23,24)18-12-21(11-17(16)18)10-14-4-6-15(25-3)7-5-14;3-2(4,5)1(6)7/h4-7,13,16-18H,8-12H2,1-3H3,(H,20,22);(H,6,7)/t16-,17+,18+;/m0./s1. The maximum Gasteiger partial charge on any atom is 0.490 e. The lowest BCUT2D eigenvalue weighted by atomic mass is 9.87. The Morgan fingerprint density at radius 2 is 1.79 bits per heavy atom. The number of benzene rings is 1. The number of ether oxygens (including phenoxy) is 1. The number of alkyl halides is 3. The van der Waals surface area contributed by atoms with E-state index in [1.54, 1.807) is 7.11 Å². The van der Waals surface area contributed by atoms with Crippen molar-refractivity contribution in [1.82, 2.24) is 10.2 Å². The largest absolute Gasteiger partial charge is 0.497 e. The molecule has 1 amide bonds. The first-order valence-electron chi connectivity index (χ1n) is 10.4. The van der Waals surface area contributed by atoms with Gasteiger partial charge in [-0.25, -0.2) is 13.2 Å². The number of carboxylic acids is 1. The molecule has 0 saturated carbocycles. The second-order valence-electron chi connectivity index (χ2n) is 8.47. The smallest absolute Gasteiger partial charge is 0.490 e. The number of methoxy groups -OCH3 is 1. The van der Waals surface area contributed by atoms with Crippen LogP contribution in [0.2, 0.25) is 0 Å². The molecule has 2 aliphatic heterocycles. The minimum Gasteiger partial charge on any atom is -0.497 e. The third-order valence-electron chi connectivity index (χ3n) is 5.65. The first kappa shape index (κ1) is 26.9. The molecule has 2 fully saturated rings. The minimum absolute atomic E-state index is 0.00352. The minimum atomic E-state index is -5.08. The van der Waals surface area contributed by atoms with Gasteiger partial charge in [-0.1, -0.05) is 12.1 Å². The number of amides is 1. The lowest BCUT2D eigenvalue weighted by molar-refractivity contribution is -0.192.